The van der Waals surface area contributed by atoms with Crippen LogP contribution in [0.25, 0.3) is 55.1 Å². The highest BCUT2D eigenvalue weighted by molar-refractivity contribution is 6.12. The molecule has 0 aliphatic heterocycles. The Balaban J connectivity index is 1.57. The molecule has 5 aromatic carbocycles. The van der Waals surface area contributed by atoms with E-state index in [0.29, 0.717) is 22.1 Å². The third-order valence-electron chi connectivity index (χ3n) is 6.73. The molecule has 0 saturated heterocycles. The number of pyridine rings is 1. The average molecular weight is 472 g/mol. The zero-order valence-corrected chi connectivity index (χ0v) is 20.0. The highest BCUT2D eigenvalue weighted by Gasteiger charge is 2.17. The van der Waals surface area contributed by atoms with Crippen molar-refractivity contribution < 1.29 is 8.78 Å². The van der Waals surface area contributed by atoms with Gasteiger partial charge in [0.25, 0.3) is 0 Å². The minimum absolute atomic E-state index is 0.317. The maximum absolute atomic E-state index is 16.1. The van der Waals surface area contributed by atoms with Gasteiger partial charge < -0.3 is 0 Å². The van der Waals surface area contributed by atoms with Gasteiger partial charge in [-0.15, -0.1) is 0 Å². The Bertz CT molecular complexity index is 1750. The first-order valence-electron chi connectivity index (χ1n) is 11.9. The smallest absolute Gasteiger partial charge is 0.138 e. The molecule has 1 heterocycles. The van der Waals surface area contributed by atoms with E-state index in [1.807, 2.05) is 54.6 Å². The summed E-state index contributed by atoms with van der Waals surface area (Å²) < 4.78 is 30.3. The maximum Gasteiger partial charge on any atom is 0.138 e. The second kappa shape index (κ2) is 8.69. The normalized spacial score (nSPS) is 11.3. The Kier molecular flexibility index (Phi) is 5.34. The number of hydrogen-bond acceptors (Lipinski definition) is 1. The molecule has 1 nitrogen and oxygen atoms in total. The second-order valence-electron chi connectivity index (χ2n) is 9.27. The van der Waals surface area contributed by atoms with Gasteiger partial charge in [0.15, 0.2) is 0 Å². The fourth-order valence-corrected chi connectivity index (χ4v) is 5.19. The van der Waals surface area contributed by atoms with Crippen LogP contribution in [0.15, 0.2) is 103 Å². The summed E-state index contributed by atoms with van der Waals surface area (Å²) >= 11 is 0. The number of nitrogens with zero attached hydrogens (tertiary/aromatic N) is 1. The lowest BCUT2D eigenvalue weighted by Crippen LogP contribution is -1.93. The van der Waals surface area contributed by atoms with Crippen molar-refractivity contribution in [1.29, 1.82) is 0 Å². The lowest BCUT2D eigenvalue weighted by molar-refractivity contribution is 0.628. The molecule has 0 atom stereocenters. The van der Waals surface area contributed by atoms with E-state index in [9.17, 15) is 4.39 Å². The number of hydrogen-bond donors (Lipinski definition) is 0. The van der Waals surface area contributed by atoms with Crippen molar-refractivity contribution in [2.75, 3.05) is 0 Å². The molecule has 6 rings (SSSR count). The molecular formula is C33H23F2N. The van der Waals surface area contributed by atoms with Gasteiger partial charge in [-0.25, -0.2) is 8.78 Å². The van der Waals surface area contributed by atoms with E-state index < -0.39 is 0 Å². The Morgan fingerprint density at radius 1 is 0.528 bits per heavy atom. The lowest BCUT2D eigenvalue weighted by atomic mass is 9.91. The SMILES string of the molecule is Cc1cc(C)cc(-c2nccc3c2ccc2c(F)c(-c4ccc(F)cc4-c4ccccc4)ccc23)c1. The number of aryl methyl sites for hydroxylation is 2. The molecule has 36 heavy (non-hydrogen) atoms. The van der Waals surface area contributed by atoms with Gasteiger partial charge in [0, 0.05) is 28.1 Å². The van der Waals surface area contributed by atoms with Crippen LogP contribution in [0, 0.1) is 25.5 Å². The molecule has 0 bridgehead atoms. The highest BCUT2D eigenvalue weighted by Crippen LogP contribution is 2.39. The summed E-state index contributed by atoms with van der Waals surface area (Å²) in [6.07, 6.45) is 1.79. The van der Waals surface area contributed by atoms with Gasteiger partial charge in [-0.1, -0.05) is 77.9 Å². The van der Waals surface area contributed by atoms with Crippen LogP contribution in [0.5, 0.6) is 0 Å². The van der Waals surface area contributed by atoms with Crippen molar-refractivity contribution in [2.45, 2.75) is 13.8 Å². The number of rotatable bonds is 3. The Hall–Kier alpha value is -4.37. The zero-order valence-electron chi connectivity index (χ0n) is 20.0. The van der Waals surface area contributed by atoms with E-state index >= 15 is 4.39 Å². The van der Waals surface area contributed by atoms with Crippen LogP contribution >= 0.6 is 0 Å². The quantitative estimate of drug-likeness (QED) is 0.234. The standard InChI is InChI=1S/C33H23F2N/c1-20-16-21(2)18-23(17-20)33-30-13-12-28-25(27(30)14-15-36-33)10-11-29(32(28)35)26-9-8-24(34)19-31(26)22-6-4-3-5-7-22/h3-19H,1-2H3. The zero-order chi connectivity index (χ0) is 24.8. The van der Waals surface area contributed by atoms with Crippen LogP contribution in [0.3, 0.4) is 0 Å². The molecule has 174 valence electrons. The summed E-state index contributed by atoms with van der Waals surface area (Å²) in [7, 11) is 0. The maximum atomic E-state index is 16.1. The number of benzene rings is 5. The number of fused-ring (bicyclic) bond motifs is 3. The van der Waals surface area contributed by atoms with E-state index in [4.69, 9.17) is 0 Å². The minimum Gasteiger partial charge on any atom is -0.256 e. The summed E-state index contributed by atoms with van der Waals surface area (Å²) in [5.74, 6) is -0.667. The van der Waals surface area contributed by atoms with E-state index in [1.54, 1.807) is 18.3 Å². The monoisotopic (exact) mass is 471 g/mol. The molecule has 0 amide bonds. The van der Waals surface area contributed by atoms with Gasteiger partial charge in [-0.2, -0.15) is 0 Å². The van der Waals surface area contributed by atoms with Gasteiger partial charge >= 0.3 is 0 Å². The summed E-state index contributed by atoms with van der Waals surface area (Å²) in [6.45, 7) is 4.15. The van der Waals surface area contributed by atoms with Crippen molar-refractivity contribution in [2.24, 2.45) is 0 Å². The minimum atomic E-state index is -0.351. The van der Waals surface area contributed by atoms with Gasteiger partial charge in [0.05, 0.1) is 5.69 Å². The molecule has 1 aromatic heterocycles. The molecule has 0 unspecified atom stereocenters. The fraction of sp³-hybridized carbons (Fsp3) is 0.0606. The predicted octanol–water partition coefficient (Wildman–Crippen LogP) is 9.28. The first-order valence-corrected chi connectivity index (χ1v) is 11.9. The molecule has 0 spiro atoms. The molecule has 0 radical (unpaired) electrons. The van der Waals surface area contributed by atoms with Gasteiger partial charge in [-0.3, -0.25) is 4.98 Å². The van der Waals surface area contributed by atoms with Gasteiger partial charge in [0.1, 0.15) is 11.6 Å². The molecular weight excluding hydrogens is 448 g/mol. The molecule has 0 aliphatic rings. The topological polar surface area (TPSA) is 12.9 Å². The first kappa shape index (κ1) is 22.1. The molecule has 0 N–H and O–H groups in total. The van der Waals surface area contributed by atoms with Crippen LogP contribution in [0.1, 0.15) is 11.1 Å². The predicted molar refractivity (Wildman–Crippen MR) is 145 cm³/mol. The summed E-state index contributed by atoms with van der Waals surface area (Å²) in [5, 5.41) is 3.28. The summed E-state index contributed by atoms with van der Waals surface area (Å²) in [6, 6.07) is 29.9. The van der Waals surface area contributed by atoms with Crippen molar-refractivity contribution in [3.8, 4) is 33.5 Å². The third kappa shape index (κ3) is 3.74. The van der Waals surface area contributed by atoms with Crippen LogP contribution in [0.4, 0.5) is 8.78 Å². The molecule has 6 aromatic rings. The number of halogens is 2. The summed E-state index contributed by atoms with van der Waals surface area (Å²) in [5.41, 5.74) is 6.90. The van der Waals surface area contributed by atoms with Crippen LogP contribution in [-0.4, -0.2) is 4.98 Å². The molecule has 3 heteroatoms. The van der Waals surface area contributed by atoms with Crippen molar-refractivity contribution in [1.82, 2.24) is 4.98 Å². The summed E-state index contributed by atoms with van der Waals surface area (Å²) in [4.78, 5) is 4.68. The molecule has 0 fully saturated rings. The number of aromatic nitrogens is 1. The van der Waals surface area contributed by atoms with Crippen molar-refractivity contribution in [3.05, 3.63) is 126 Å². The van der Waals surface area contributed by atoms with Gasteiger partial charge in [-0.05, 0) is 71.6 Å². The Morgan fingerprint density at radius 3 is 1.97 bits per heavy atom. The van der Waals surface area contributed by atoms with Crippen LogP contribution in [0.2, 0.25) is 0 Å². The lowest BCUT2D eigenvalue weighted by Gasteiger charge is -2.14. The van der Waals surface area contributed by atoms with Gasteiger partial charge in [0.2, 0.25) is 0 Å². The van der Waals surface area contributed by atoms with Crippen LogP contribution < -0.4 is 0 Å². The highest BCUT2D eigenvalue weighted by atomic mass is 19.1. The average Bonchev–Trinajstić information content (AvgIpc) is 2.88. The second-order valence-corrected chi connectivity index (χ2v) is 9.27. The van der Waals surface area contributed by atoms with E-state index in [-0.39, 0.29) is 11.6 Å². The molecule has 0 saturated carbocycles. The molecule has 0 aliphatic carbocycles. The first-order chi connectivity index (χ1) is 17.5. The van der Waals surface area contributed by atoms with E-state index in [1.165, 1.54) is 23.3 Å². The van der Waals surface area contributed by atoms with Crippen molar-refractivity contribution in [3.63, 3.8) is 0 Å². The van der Waals surface area contributed by atoms with Crippen molar-refractivity contribution >= 4 is 21.5 Å². The third-order valence-corrected chi connectivity index (χ3v) is 6.73. The Labute approximate surface area is 208 Å². The van der Waals surface area contributed by atoms with E-state index in [2.05, 4.69) is 37.0 Å². The largest absolute Gasteiger partial charge is 0.256 e. The Morgan fingerprint density at radius 2 is 1.19 bits per heavy atom. The van der Waals surface area contributed by atoms with Crippen LogP contribution in [-0.2, 0) is 0 Å². The van der Waals surface area contributed by atoms with E-state index in [0.717, 1.165) is 33.0 Å². The fourth-order valence-electron chi connectivity index (χ4n) is 5.19.